The number of ketones is 1. The molecule has 0 N–H and O–H groups in total. The van der Waals surface area contributed by atoms with Crippen LogP contribution in [0.25, 0.3) is 0 Å². The van der Waals surface area contributed by atoms with Crippen molar-refractivity contribution in [1.82, 2.24) is 14.3 Å². The molecule has 0 aliphatic rings. The second kappa shape index (κ2) is 3.73. The third-order valence-electron chi connectivity index (χ3n) is 2.23. The van der Waals surface area contributed by atoms with Crippen molar-refractivity contribution in [3.63, 3.8) is 0 Å². The molecule has 15 heavy (non-hydrogen) atoms. The average Bonchev–Trinajstić information content (AvgIpc) is 2.75. The maximum Gasteiger partial charge on any atom is 0.185 e. The number of aryl methyl sites for hydroxylation is 2. The van der Waals surface area contributed by atoms with Gasteiger partial charge in [0.05, 0.1) is 5.69 Å². The summed E-state index contributed by atoms with van der Waals surface area (Å²) in [6.07, 6.45) is 5.50. The number of carbonyl (C=O) groups is 1. The Hall–Kier alpha value is -1.84. The van der Waals surface area contributed by atoms with Gasteiger partial charge in [0, 0.05) is 31.2 Å². The van der Waals surface area contributed by atoms with Crippen LogP contribution in [0.15, 0.2) is 30.7 Å². The third-order valence-corrected chi connectivity index (χ3v) is 2.23. The summed E-state index contributed by atoms with van der Waals surface area (Å²) in [5.41, 5.74) is 1.65. The Kier molecular flexibility index (Phi) is 2.41. The van der Waals surface area contributed by atoms with Gasteiger partial charge >= 0.3 is 0 Å². The molecule has 0 bridgehead atoms. The molecule has 0 unspecified atom stereocenters. The van der Waals surface area contributed by atoms with Crippen LogP contribution in [0.4, 0.5) is 0 Å². The highest BCUT2D eigenvalue weighted by Gasteiger charge is 2.07. The summed E-state index contributed by atoms with van der Waals surface area (Å²) in [5.74, 6) is 0.0821. The van der Waals surface area contributed by atoms with Crippen LogP contribution in [0.2, 0.25) is 0 Å². The molecule has 0 spiro atoms. The molecule has 2 aromatic rings. The highest BCUT2D eigenvalue weighted by atomic mass is 16.1. The van der Waals surface area contributed by atoms with Gasteiger partial charge in [-0.1, -0.05) is 0 Å². The van der Waals surface area contributed by atoms with E-state index in [1.165, 1.54) is 0 Å². The Morgan fingerprint density at radius 3 is 2.73 bits per heavy atom. The molecule has 78 valence electrons. The molecule has 4 heteroatoms. The molecule has 0 amide bonds. The first-order valence-corrected chi connectivity index (χ1v) is 4.80. The Bertz CT molecular complexity index is 481. The number of Topliss-reactive ketones (excluding diaryl/α,β-unsaturated/α-hetero) is 1. The van der Waals surface area contributed by atoms with E-state index in [2.05, 4.69) is 5.10 Å². The predicted molar refractivity (Wildman–Crippen MR) is 56.7 cm³/mol. The minimum absolute atomic E-state index is 0.0821. The van der Waals surface area contributed by atoms with Gasteiger partial charge < -0.3 is 4.57 Å². The first-order valence-electron chi connectivity index (χ1n) is 4.80. The maximum atomic E-state index is 11.8. The lowest BCUT2D eigenvalue weighted by atomic mass is 10.2. The van der Waals surface area contributed by atoms with E-state index in [0.717, 1.165) is 11.3 Å². The fraction of sp³-hybridized carbons (Fsp3) is 0.273. The van der Waals surface area contributed by atoms with Crippen LogP contribution in [0.3, 0.4) is 0 Å². The smallest absolute Gasteiger partial charge is 0.185 e. The lowest BCUT2D eigenvalue weighted by molar-refractivity contribution is 0.0967. The molecule has 0 saturated carbocycles. The zero-order valence-corrected chi connectivity index (χ0v) is 8.84. The van der Waals surface area contributed by atoms with Crippen LogP contribution < -0.4 is 0 Å². The highest BCUT2D eigenvalue weighted by Crippen LogP contribution is 2.03. The maximum absolute atomic E-state index is 11.8. The molecule has 0 aliphatic carbocycles. The van der Waals surface area contributed by atoms with Crippen molar-refractivity contribution < 1.29 is 4.79 Å². The van der Waals surface area contributed by atoms with Crippen LogP contribution in [0, 0.1) is 6.92 Å². The van der Waals surface area contributed by atoms with Crippen LogP contribution in [0.5, 0.6) is 0 Å². The van der Waals surface area contributed by atoms with Crippen LogP contribution in [-0.4, -0.2) is 20.1 Å². The fourth-order valence-corrected chi connectivity index (χ4v) is 1.46. The largest absolute Gasteiger partial charge is 0.357 e. The average molecular weight is 203 g/mol. The summed E-state index contributed by atoms with van der Waals surface area (Å²) < 4.78 is 3.52. The Morgan fingerprint density at radius 2 is 2.20 bits per heavy atom. The van der Waals surface area contributed by atoms with E-state index in [4.69, 9.17) is 0 Å². The van der Waals surface area contributed by atoms with Crippen molar-refractivity contribution in [2.24, 2.45) is 7.05 Å². The minimum atomic E-state index is 0.0821. The fourth-order valence-electron chi connectivity index (χ4n) is 1.46. The van der Waals surface area contributed by atoms with E-state index in [1.807, 2.05) is 49.3 Å². The Balaban J connectivity index is 2.10. The van der Waals surface area contributed by atoms with Gasteiger partial charge in [-0.3, -0.25) is 9.48 Å². The standard InChI is InChI=1S/C11H13N3O/c1-9-3-6-14(12-9)8-11(15)10-4-5-13(2)7-10/h3-7H,8H2,1-2H3. The molecule has 2 aromatic heterocycles. The van der Waals surface area contributed by atoms with Crippen molar-refractivity contribution in [2.75, 3.05) is 0 Å². The number of aromatic nitrogens is 3. The number of carbonyl (C=O) groups excluding carboxylic acids is 1. The van der Waals surface area contributed by atoms with Crippen LogP contribution in [-0.2, 0) is 13.6 Å². The Morgan fingerprint density at radius 1 is 1.40 bits per heavy atom. The van der Waals surface area contributed by atoms with Crippen molar-refractivity contribution in [2.45, 2.75) is 13.5 Å². The second-order valence-corrected chi connectivity index (χ2v) is 3.64. The van der Waals surface area contributed by atoms with Gasteiger partial charge in [-0.15, -0.1) is 0 Å². The highest BCUT2D eigenvalue weighted by molar-refractivity contribution is 5.95. The zero-order chi connectivity index (χ0) is 10.8. The topological polar surface area (TPSA) is 39.8 Å². The van der Waals surface area contributed by atoms with Crippen LogP contribution in [0.1, 0.15) is 16.1 Å². The Labute approximate surface area is 88.1 Å². The zero-order valence-electron chi connectivity index (χ0n) is 8.84. The first kappa shape index (κ1) is 9.71. The van der Waals surface area contributed by atoms with E-state index in [0.29, 0.717) is 6.54 Å². The summed E-state index contributed by atoms with van der Waals surface area (Å²) >= 11 is 0. The van der Waals surface area contributed by atoms with Gasteiger partial charge in [0.2, 0.25) is 0 Å². The predicted octanol–water partition coefficient (Wildman–Crippen LogP) is 1.41. The van der Waals surface area contributed by atoms with E-state index >= 15 is 0 Å². The molecule has 0 atom stereocenters. The molecule has 4 nitrogen and oxygen atoms in total. The second-order valence-electron chi connectivity index (χ2n) is 3.64. The summed E-state index contributed by atoms with van der Waals surface area (Å²) in [7, 11) is 1.90. The lowest BCUT2D eigenvalue weighted by Crippen LogP contribution is -2.10. The third kappa shape index (κ3) is 2.15. The monoisotopic (exact) mass is 203 g/mol. The number of hydrogen-bond acceptors (Lipinski definition) is 2. The summed E-state index contributed by atoms with van der Waals surface area (Å²) in [5, 5.41) is 4.17. The lowest BCUT2D eigenvalue weighted by Gasteiger charge is -1.98. The summed E-state index contributed by atoms with van der Waals surface area (Å²) in [4.78, 5) is 11.8. The van der Waals surface area contributed by atoms with Crippen LogP contribution >= 0.6 is 0 Å². The normalized spacial score (nSPS) is 10.5. The van der Waals surface area contributed by atoms with Crippen molar-refractivity contribution in [3.05, 3.63) is 42.0 Å². The van der Waals surface area contributed by atoms with E-state index in [-0.39, 0.29) is 5.78 Å². The molecule has 2 heterocycles. The van der Waals surface area contributed by atoms with Crippen molar-refractivity contribution in [1.29, 1.82) is 0 Å². The molecule has 0 aliphatic heterocycles. The summed E-state index contributed by atoms with van der Waals surface area (Å²) in [6.45, 7) is 2.21. The van der Waals surface area contributed by atoms with E-state index in [1.54, 1.807) is 4.68 Å². The van der Waals surface area contributed by atoms with Crippen molar-refractivity contribution in [3.8, 4) is 0 Å². The molecular formula is C11H13N3O. The SMILES string of the molecule is Cc1ccn(CC(=O)c2ccn(C)c2)n1. The van der Waals surface area contributed by atoms with E-state index in [9.17, 15) is 4.79 Å². The van der Waals surface area contributed by atoms with Gasteiger partial charge in [-0.25, -0.2) is 0 Å². The number of nitrogens with zero attached hydrogens (tertiary/aromatic N) is 3. The molecule has 0 fully saturated rings. The van der Waals surface area contributed by atoms with Gasteiger partial charge in [0.15, 0.2) is 5.78 Å². The molecule has 0 saturated heterocycles. The minimum Gasteiger partial charge on any atom is -0.357 e. The molecular weight excluding hydrogens is 190 g/mol. The van der Waals surface area contributed by atoms with Gasteiger partial charge in [-0.05, 0) is 19.1 Å². The van der Waals surface area contributed by atoms with Gasteiger partial charge in [0.25, 0.3) is 0 Å². The van der Waals surface area contributed by atoms with E-state index < -0.39 is 0 Å². The molecule has 2 rings (SSSR count). The number of rotatable bonds is 3. The molecule has 0 aromatic carbocycles. The number of hydrogen-bond donors (Lipinski definition) is 0. The summed E-state index contributed by atoms with van der Waals surface area (Å²) in [6, 6.07) is 3.71. The molecule has 0 radical (unpaired) electrons. The quantitative estimate of drug-likeness (QED) is 0.708. The van der Waals surface area contributed by atoms with Gasteiger partial charge in [-0.2, -0.15) is 5.10 Å². The first-order chi connectivity index (χ1) is 7.15. The van der Waals surface area contributed by atoms with Crippen molar-refractivity contribution >= 4 is 5.78 Å². The van der Waals surface area contributed by atoms with Gasteiger partial charge in [0.1, 0.15) is 6.54 Å².